The molecule has 0 fully saturated rings. The molecule has 4 heteroatoms. The fourth-order valence-corrected chi connectivity index (χ4v) is 4.23. The van der Waals surface area contributed by atoms with Crippen molar-refractivity contribution in [2.24, 2.45) is 11.1 Å². The number of carbonyl (C=O) groups is 1. The summed E-state index contributed by atoms with van der Waals surface area (Å²) in [6, 6.07) is 9.20. The van der Waals surface area contributed by atoms with E-state index in [-0.39, 0.29) is 23.1 Å². The predicted molar refractivity (Wildman–Crippen MR) is 114 cm³/mol. The molecule has 0 aromatic heterocycles. The highest BCUT2D eigenvalue weighted by atomic mass is 19.1. The molecule has 3 nitrogen and oxygen atoms in total. The molecule has 1 aliphatic heterocycles. The Morgan fingerprint density at radius 1 is 1.14 bits per heavy atom. The number of aryl methyl sites for hydroxylation is 2. The van der Waals surface area contributed by atoms with Gasteiger partial charge >= 0.3 is 0 Å². The molecule has 2 aromatic carbocycles. The second-order valence-corrected chi connectivity index (χ2v) is 8.82. The van der Waals surface area contributed by atoms with Gasteiger partial charge in [0.15, 0.2) is 0 Å². The van der Waals surface area contributed by atoms with Crippen LogP contribution in [-0.4, -0.2) is 12.5 Å². The Balaban J connectivity index is 2.00. The van der Waals surface area contributed by atoms with E-state index in [1.807, 2.05) is 46.8 Å². The smallest absolute Gasteiger partial charge is 0.225 e. The molecule has 1 heterocycles. The lowest BCUT2D eigenvalue weighted by atomic mass is 9.73. The van der Waals surface area contributed by atoms with E-state index in [9.17, 15) is 9.18 Å². The Morgan fingerprint density at radius 3 is 2.36 bits per heavy atom. The lowest BCUT2D eigenvalue weighted by Gasteiger charge is -2.32. The Labute approximate surface area is 167 Å². The van der Waals surface area contributed by atoms with Crippen molar-refractivity contribution in [1.82, 2.24) is 0 Å². The van der Waals surface area contributed by atoms with E-state index in [0.717, 1.165) is 40.0 Å². The number of carbonyl (C=O) groups excluding carboxylic acids is 1. The standard InChI is InChI=1S/C24H29FN2O/c1-15-11-20(12-16(2)21(15)22(23(26)28)24(3,4)5)27-10-6-7-17-13-19(25)9-8-18(17)14-27/h6-9,11-13,22H,10,14H2,1-5H3,(H2,26,28). The van der Waals surface area contributed by atoms with Gasteiger partial charge in [0.1, 0.15) is 5.82 Å². The summed E-state index contributed by atoms with van der Waals surface area (Å²) >= 11 is 0. The third-order valence-corrected chi connectivity index (χ3v) is 5.48. The number of hydrogen-bond acceptors (Lipinski definition) is 2. The fourth-order valence-electron chi connectivity index (χ4n) is 4.23. The molecule has 148 valence electrons. The van der Waals surface area contributed by atoms with Gasteiger partial charge in [0.2, 0.25) is 5.91 Å². The zero-order chi connectivity index (χ0) is 20.6. The highest BCUT2D eigenvalue weighted by molar-refractivity contribution is 5.84. The molecule has 0 saturated carbocycles. The van der Waals surface area contributed by atoms with Crippen molar-refractivity contribution < 1.29 is 9.18 Å². The van der Waals surface area contributed by atoms with E-state index >= 15 is 0 Å². The van der Waals surface area contributed by atoms with Crippen molar-refractivity contribution in [3.8, 4) is 0 Å². The van der Waals surface area contributed by atoms with Gasteiger partial charge in [0.25, 0.3) is 0 Å². The number of fused-ring (bicyclic) bond motifs is 1. The Kier molecular flexibility index (Phi) is 5.33. The molecule has 0 bridgehead atoms. The van der Waals surface area contributed by atoms with Crippen LogP contribution in [-0.2, 0) is 11.3 Å². The minimum atomic E-state index is -0.339. The fraction of sp³-hybridized carbons (Fsp3) is 0.375. The van der Waals surface area contributed by atoms with E-state index in [4.69, 9.17) is 5.73 Å². The first-order chi connectivity index (χ1) is 13.1. The first kappa shape index (κ1) is 20.1. The highest BCUT2D eigenvalue weighted by Gasteiger charge is 2.33. The molecule has 3 rings (SSSR count). The number of primary amides is 1. The van der Waals surface area contributed by atoms with Gasteiger partial charge in [-0.1, -0.05) is 39.0 Å². The maximum absolute atomic E-state index is 13.5. The van der Waals surface area contributed by atoms with Crippen molar-refractivity contribution in [3.63, 3.8) is 0 Å². The number of rotatable bonds is 3. The van der Waals surface area contributed by atoms with Gasteiger partial charge in [-0.15, -0.1) is 0 Å². The van der Waals surface area contributed by atoms with Crippen molar-refractivity contribution in [2.45, 2.75) is 47.1 Å². The molecule has 1 atom stereocenters. The molecule has 1 unspecified atom stereocenters. The Morgan fingerprint density at radius 2 is 1.79 bits per heavy atom. The number of benzene rings is 2. The minimum absolute atomic E-state index is 0.215. The molecule has 28 heavy (non-hydrogen) atoms. The van der Waals surface area contributed by atoms with E-state index in [1.54, 1.807) is 6.07 Å². The van der Waals surface area contributed by atoms with Crippen LogP contribution in [0.4, 0.5) is 10.1 Å². The molecule has 0 radical (unpaired) electrons. The molecule has 1 aliphatic rings. The molecular weight excluding hydrogens is 351 g/mol. The van der Waals surface area contributed by atoms with Crippen LogP contribution in [0.5, 0.6) is 0 Å². The number of anilines is 1. The predicted octanol–water partition coefficient (Wildman–Crippen LogP) is 5.09. The molecule has 0 aliphatic carbocycles. The summed E-state index contributed by atoms with van der Waals surface area (Å²) in [6.45, 7) is 11.7. The summed E-state index contributed by atoms with van der Waals surface area (Å²) in [5.41, 5.74) is 11.8. The molecule has 0 saturated heterocycles. The van der Waals surface area contributed by atoms with Gasteiger partial charge in [-0.3, -0.25) is 4.79 Å². The second kappa shape index (κ2) is 7.42. The SMILES string of the molecule is Cc1cc(N2CC=Cc3cc(F)ccc3C2)cc(C)c1C(C(N)=O)C(C)(C)C. The first-order valence-corrected chi connectivity index (χ1v) is 9.68. The first-order valence-electron chi connectivity index (χ1n) is 9.68. The van der Waals surface area contributed by atoms with Gasteiger partial charge in [-0.05, 0) is 71.3 Å². The molecular formula is C24H29FN2O. The van der Waals surface area contributed by atoms with Crippen LogP contribution in [0.3, 0.4) is 0 Å². The Bertz CT molecular complexity index is 917. The average Bonchev–Trinajstić information content (AvgIpc) is 2.78. The number of nitrogens with zero attached hydrogens (tertiary/aromatic N) is 1. The maximum atomic E-state index is 13.5. The van der Waals surface area contributed by atoms with Crippen LogP contribution in [0.25, 0.3) is 6.08 Å². The van der Waals surface area contributed by atoms with Gasteiger partial charge in [0.05, 0.1) is 5.92 Å². The highest BCUT2D eigenvalue weighted by Crippen LogP contribution is 2.39. The van der Waals surface area contributed by atoms with Gasteiger partial charge in [-0.2, -0.15) is 0 Å². The zero-order valence-electron chi connectivity index (χ0n) is 17.3. The van der Waals surface area contributed by atoms with Gasteiger partial charge < -0.3 is 10.6 Å². The lowest BCUT2D eigenvalue weighted by molar-refractivity contribution is -0.121. The van der Waals surface area contributed by atoms with Crippen molar-refractivity contribution >= 4 is 17.7 Å². The quantitative estimate of drug-likeness (QED) is 0.806. The monoisotopic (exact) mass is 380 g/mol. The number of hydrogen-bond donors (Lipinski definition) is 1. The average molecular weight is 381 g/mol. The summed E-state index contributed by atoms with van der Waals surface area (Å²) in [4.78, 5) is 14.5. The maximum Gasteiger partial charge on any atom is 0.225 e. The third-order valence-electron chi connectivity index (χ3n) is 5.48. The zero-order valence-corrected chi connectivity index (χ0v) is 17.3. The van der Waals surface area contributed by atoms with Crippen LogP contribution in [0.1, 0.15) is 54.5 Å². The van der Waals surface area contributed by atoms with E-state index in [1.165, 1.54) is 6.07 Å². The summed E-state index contributed by atoms with van der Waals surface area (Å²) < 4.78 is 13.5. The Hall–Kier alpha value is -2.62. The van der Waals surface area contributed by atoms with Gasteiger partial charge in [-0.25, -0.2) is 4.39 Å². The molecule has 2 N–H and O–H groups in total. The topological polar surface area (TPSA) is 46.3 Å². The normalized spacial score (nSPS) is 15.1. The lowest BCUT2D eigenvalue weighted by Crippen LogP contribution is -2.33. The number of amides is 1. The van der Waals surface area contributed by atoms with Crippen LogP contribution < -0.4 is 10.6 Å². The molecule has 0 spiro atoms. The molecule has 1 amide bonds. The van der Waals surface area contributed by atoms with Gasteiger partial charge in [0, 0.05) is 18.8 Å². The van der Waals surface area contributed by atoms with Crippen LogP contribution in [0.2, 0.25) is 0 Å². The number of halogens is 1. The summed E-state index contributed by atoms with van der Waals surface area (Å²) in [5.74, 6) is -0.845. The summed E-state index contributed by atoms with van der Waals surface area (Å²) in [5, 5.41) is 0. The third kappa shape index (κ3) is 3.96. The number of nitrogens with two attached hydrogens (primary N) is 1. The second-order valence-electron chi connectivity index (χ2n) is 8.82. The molecule has 2 aromatic rings. The van der Waals surface area contributed by atoms with Crippen LogP contribution in [0, 0.1) is 25.1 Å². The van der Waals surface area contributed by atoms with Crippen LogP contribution in [0.15, 0.2) is 36.4 Å². The van der Waals surface area contributed by atoms with Crippen LogP contribution >= 0.6 is 0 Å². The van der Waals surface area contributed by atoms with E-state index in [2.05, 4.69) is 23.1 Å². The van der Waals surface area contributed by atoms with Crippen molar-refractivity contribution in [3.05, 3.63) is 70.0 Å². The minimum Gasteiger partial charge on any atom is -0.369 e. The van der Waals surface area contributed by atoms with E-state index < -0.39 is 0 Å². The largest absolute Gasteiger partial charge is 0.369 e. The summed E-state index contributed by atoms with van der Waals surface area (Å²) in [6.07, 6.45) is 4.04. The van der Waals surface area contributed by atoms with Crippen molar-refractivity contribution in [1.29, 1.82) is 0 Å². The van der Waals surface area contributed by atoms with E-state index in [0.29, 0.717) is 6.54 Å². The van der Waals surface area contributed by atoms with Crippen molar-refractivity contribution in [2.75, 3.05) is 11.4 Å². The summed E-state index contributed by atoms with van der Waals surface area (Å²) in [7, 11) is 0.